The summed E-state index contributed by atoms with van der Waals surface area (Å²) in [6.45, 7) is 5.74. The van der Waals surface area contributed by atoms with Gasteiger partial charge in [0, 0.05) is 37.0 Å². The van der Waals surface area contributed by atoms with Crippen LogP contribution >= 0.6 is 0 Å². The fourth-order valence-electron chi connectivity index (χ4n) is 2.80. The zero-order valence-electron chi connectivity index (χ0n) is 12.3. The minimum atomic E-state index is -0.0763. The lowest BCUT2D eigenvalue weighted by atomic mass is 9.77. The molecule has 2 aromatic heterocycles. The molecule has 6 nitrogen and oxygen atoms in total. The average Bonchev–Trinajstić information content (AvgIpc) is 2.48. The zero-order valence-corrected chi connectivity index (χ0v) is 12.3. The Morgan fingerprint density at radius 3 is 2.52 bits per heavy atom. The van der Waals surface area contributed by atoms with Crippen molar-refractivity contribution >= 4 is 5.95 Å². The Morgan fingerprint density at radius 2 is 1.90 bits per heavy atom. The lowest BCUT2D eigenvalue weighted by Crippen LogP contribution is -2.42. The molecular weight excluding hydrogens is 266 g/mol. The Kier molecular flexibility index (Phi) is 3.45. The number of aromatic nitrogens is 4. The molecule has 0 aliphatic carbocycles. The predicted octanol–water partition coefficient (Wildman–Crippen LogP) is 1.43. The number of aryl methyl sites for hydroxylation is 1. The van der Waals surface area contributed by atoms with Gasteiger partial charge >= 0.3 is 0 Å². The molecular formula is C15H19N5O. The number of aromatic amines is 1. The summed E-state index contributed by atoms with van der Waals surface area (Å²) in [7, 11) is 0. The molecule has 1 fully saturated rings. The third-order valence-corrected chi connectivity index (χ3v) is 4.18. The largest absolute Gasteiger partial charge is 0.341 e. The Morgan fingerprint density at radius 1 is 1.24 bits per heavy atom. The Balaban J connectivity index is 1.79. The Hall–Kier alpha value is -2.24. The zero-order chi connectivity index (χ0) is 14.9. The molecule has 3 rings (SSSR count). The number of piperidine rings is 1. The van der Waals surface area contributed by atoms with Gasteiger partial charge in [-0.05, 0) is 25.8 Å². The van der Waals surface area contributed by atoms with Crippen molar-refractivity contribution in [2.24, 2.45) is 0 Å². The summed E-state index contributed by atoms with van der Waals surface area (Å²) in [6, 6.07) is 3.45. The molecule has 0 atom stereocenters. The van der Waals surface area contributed by atoms with E-state index in [1.165, 1.54) is 0 Å². The highest BCUT2D eigenvalue weighted by Crippen LogP contribution is 2.34. The van der Waals surface area contributed by atoms with Gasteiger partial charge in [0.2, 0.25) is 5.95 Å². The summed E-state index contributed by atoms with van der Waals surface area (Å²) in [5.74, 6) is 1.45. The average molecular weight is 285 g/mol. The molecule has 1 saturated heterocycles. The molecule has 0 spiro atoms. The van der Waals surface area contributed by atoms with Crippen molar-refractivity contribution in [3.8, 4) is 0 Å². The molecule has 0 unspecified atom stereocenters. The van der Waals surface area contributed by atoms with Gasteiger partial charge in [-0.3, -0.25) is 4.79 Å². The van der Waals surface area contributed by atoms with Gasteiger partial charge in [-0.15, -0.1) is 0 Å². The lowest BCUT2D eigenvalue weighted by molar-refractivity contribution is 0.349. The molecule has 0 radical (unpaired) electrons. The fraction of sp³-hybridized carbons (Fsp3) is 0.467. The van der Waals surface area contributed by atoms with E-state index in [1.807, 2.05) is 13.0 Å². The van der Waals surface area contributed by atoms with Crippen LogP contribution in [0.15, 0.2) is 29.3 Å². The predicted molar refractivity (Wildman–Crippen MR) is 80.4 cm³/mol. The monoisotopic (exact) mass is 285 g/mol. The summed E-state index contributed by atoms with van der Waals surface area (Å²) in [4.78, 5) is 29.7. The Bertz CT molecular complexity index is 674. The number of nitrogens with zero attached hydrogens (tertiary/aromatic N) is 4. The summed E-state index contributed by atoms with van der Waals surface area (Å²) in [5, 5.41) is 0. The second-order valence-corrected chi connectivity index (χ2v) is 5.81. The highest BCUT2D eigenvalue weighted by Gasteiger charge is 2.34. The maximum atomic E-state index is 11.7. The van der Waals surface area contributed by atoms with E-state index < -0.39 is 0 Å². The van der Waals surface area contributed by atoms with Crippen LogP contribution in [-0.2, 0) is 5.41 Å². The first-order valence-electron chi connectivity index (χ1n) is 7.17. The molecule has 0 aromatic carbocycles. The van der Waals surface area contributed by atoms with Crippen molar-refractivity contribution in [1.82, 2.24) is 19.9 Å². The van der Waals surface area contributed by atoms with Crippen molar-refractivity contribution in [3.05, 3.63) is 46.4 Å². The first-order chi connectivity index (χ1) is 10.1. The van der Waals surface area contributed by atoms with E-state index in [0.717, 1.165) is 37.6 Å². The normalized spacial score (nSPS) is 17.7. The first-order valence-corrected chi connectivity index (χ1v) is 7.17. The van der Waals surface area contributed by atoms with Gasteiger partial charge < -0.3 is 9.88 Å². The maximum absolute atomic E-state index is 11.7. The van der Waals surface area contributed by atoms with Gasteiger partial charge in [-0.1, -0.05) is 6.92 Å². The molecule has 1 N–H and O–H groups in total. The highest BCUT2D eigenvalue weighted by molar-refractivity contribution is 5.31. The van der Waals surface area contributed by atoms with Crippen molar-refractivity contribution in [2.45, 2.75) is 32.1 Å². The topological polar surface area (TPSA) is 74.8 Å². The quantitative estimate of drug-likeness (QED) is 0.903. The van der Waals surface area contributed by atoms with E-state index in [0.29, 0.717) is 5.82 Å². The van der Waals surface area contributed by atoms with Gasteiger partial charge in [0.15, 0.2) is 0 Å². The van der Waals surface area contributed by atoms with Gasteiger partial charge in [0.05, 0.1) is 5.69 Å². The summed E-state index contributed by atoms with van der Waals surface area (Å²) in [6.07, 6.45) is 5.39. The highest BCUT2D eigenvalue weighted by atomic mass is 16.1. The molecule has 110 valence electrons. The molecule has 2 aromatic rings. The second-order valence-electron chi connectivity index (χ2n) is 5.81. The van der Waals surface area contributed by atoms with Crippen LogP contribution in [0.2, 0.25) is 0 Å². The lowest BCUT2D eigenvalue weighted by Gasteiger charge is -2.38. The molecule has 0 saturated carbocycles. The minimum Gasteiger partial charge on any atom is -0.341 e. The number of nitrogens with one attached hydrogen (secondary N) is 1. The van der Waals surface area contributed by atoms with Crippen LogP contribution in [-0.4, -0.2) is 33.0 Å². The van der Waals surface area contributed by atoms with Gasteiger partial charge in [0.25, 0.3) is 5.56 Å². The molecule has 21 heavy (non-hydrogen) atoms. The van der Waals surface area contributed by atoms with Gasteiger partial charge in [-0.25, -0.2) is 15.0 Å². The summed E-state index contributed by atoms with van der Waals surface area (Å²) < 4.78 is 0. The van der Waals surface area contributed by atoms with Crippen LogP contribution in [0.1, 0.15) is 31.3 Å². The molecule has 1 aliphatic heterocycles. The van der Waals surface area contributed by atoms with Crippen LogP contribution < -0.4 is 10.5 Å². The minimum absolute atomic E-state index is 0.0652. The molecule has 0 amide bonds. The van der Waals surface area contributed by atoms with Gasteiger partial charge in [-0.2, -0.15) is 0 Å². The van der Waals surface area contributed by atoms with E-state index in [-0.39, 0.29) is 11.0 Å². The van der Waals surface area contributed by atoms with E-state index in [9.17, 15) is 4.79 Å². The number of rotatable bonds is 2. The third kappa shape index (κ3) is 2.79. The van der Waals surface area contributed by atoms with E-state index in [1.54, 1.807) is 18.5 Å². The maximum Gasteiger partial charge on any atom is 0.251 e. The molecule has 0 bridgehead atoms. The molecule has 3 heterocycles. The van der Waals surface area contributed by atoms with Crippen LogP contribution in [0, 0.1) is 6.92 Å². The Labute approximate surface area is 123 Å². The molecule has 1 aliphatic rings. The first kappa shape index (κ1) is 13.7. The fourth-order valence-corrected chi connectivity index (χ4v) is 2.80. The SMILES string of the molecule is Cc1nc(C2(C)CCN(c3ncccn3)CC2)cc(=O)[nH]1. The number of hydrogen-bond donors (Lipinski definition) is 1. The summed E-state index contributed by atoms with van der Waals surface area (Å²) in [5.41, 5.74) is 0.745. The number of hydrogen-bond acceptors (Lipinski definition) is 5. The van der Waals surface area contributed by atoms with Crippen LogP contribution in [0.4, 0.5) is 5.95 Å². The van der Waals surface area contributed by atoms with E-state index >= 15 is 0 Å². The number of H-pyrrole nitrogens is 1. The van der Waals surface area contributed by atoms with Crippen molar-refractivity contribution < 1.29 is 0 Å². The van der Waals surface area contributed by atoms with Crippen molar-refractivity contribution in [1.29, 1.82) is 0 Å². The van der Waals surface area contributed by atoms with Crippen LogP contribution in [0.5, 0.6) is 0 Å². The van der Waals surface area contributed by atoms with Gasteiger partial charge in [0.1, 0.15) is 5.82 Å². The van der Waals surface area contributed by atoms with Crippen LogP contribution in [0.3, 0.4) is 0 Å². The summed E-state index contributed by atoms with van der Waals surface area (Å²) >= 11 is 0. The molecule has 6 heteroatoms. The van der Waals surface area contributed by atoms with Crippen LogP contribution in [0.25, 0.3) is 0 Å². The number of anilines is 1. The van der Waals surface area contributed by atoms with E-state index in [4.69, 9.17) is 0 Å². The smallest absolute Gasteiger partial charge is 0.251 e. The second kappa shape index (κ2) is 5.27. The van der Waals surface area contributed by atoms with Crippen molar-refractivity contribution in [3.63, 3.8) is 0 Å². The van der Waals surface area contributed by atoms with Crippen molar-refractivity contribution in [2.75, 3.05) is 18.0 Å². The standard InChI is InChI=1S/C15H19N5O/c1-11-18-12(10-13(21)19-11)15(2)4-8-20(9-5-15)14-16-6-3-7-17-14/h3,6-7,10H,4-5,8-9H2,1-2H3,(H,18,19,21). The third-order valence-electron chi connectivity index (χ3n) is 4.18. The van der Waals surface area contributed by atoms with E-state index in [2.05, 4.69) is 31.8 Å².